The summed E-state index contributed by atoms with van der Waals surface area (Å²) in [4.78, 5) is 12.1. The number of amides is 1. The van der Waals surface area contributed by atoms with E-state index in [-0.39, 0.29) is 5.91 Å². The fourth-order valence-electron chi connectivity index (χ4n) is 2.48. The number of carbonyl (C=O) groups is 1. The fourth-order valence-corrected chi connectivity index (χ4v) is 2.48. The fraction of sp³-hybridized carbons (Fsp3) is 0.250. The van der Waals surface area contributed by atoms with E-state index in [9.17, 15) is 4.79 Å². The number of nitrogens with zero attached hydrogens (tertiary/aromatic N) is 3. The lowest BCUT2D eigenvalue weighted by Gasteiger charge is -2.05. The van der Waals surface area contributed by atoms with E-state index in [0.717, 1.165) is 17.5 Å². The van der Waals surface area contributed by atoms with E-state index in [1.807, 2.05) is 60.7 Å². The van der Waals surface area contributed by atoms with Crippen molar-refractivity contribution in [1.29, 1.82) is 0 Å². The normalized spacial score (nSPS) is 10.6. The first kappa shape index (κ1) is 17.8. The number of ether oxygens (including phenoxy) is 1. The third-order valence-corrected chi connectivity index (χ3v) is 3.82. The molecule has 6 heteroatoms. The molecule has 3 rings (SSSR count). The van der Waals surface area contributed by atoms with Gasteiger partial charge < -0.3 is 10.1 Å². The smallest absolute Gasteiger partial charge is 0.273 e. The molecule has 0 fully saturated rings. The Morgan fingerprint density at radius 1 is 1.00 bits per heavy atom. The molecule has 0 atom stereocenters. The number of nitrogens with one attached hydrogen (secondary N) is 1. The summed E-state index contributed by atoms with van der Waals surface area (Å²) in [5.74, 6) is -0.215. The number of rotatable bonds is 9. The van der Waals surface area contributed by atoms with Gasteiger partial charge in [0.25, 0.3) is 5.91 Å². The molecular weight excluding hydrogens is 328 g/mol. The average molecular weight is 350 g/mol. The monoisotopic (exact) mass is 350 g/mol. The number of carbonyl (C=O) groups excluding carboxylic acids is 1. The predicted molar refractivity (Wildman–Crippen MR) is 98.6 cm³/mol. The quantitative estimate of drug-likeness (QED) is 0.603. The van der Waals surface area contributed by atoms with Crippen molar-refractivity contribution in [2.24, 2.45) is 0 Å². The molecule has 6 nitrogen and oxygen atoms in total. The zero-order valence-electron chi connectivity index (χ0n) is 14.5. The highest BCUT2D eigenvalue weighted by atomic mass is 16.5. The molecular formula is C20H22N4O2. The van der Waals surface area contributed by atoms with Gasteiger partial charge in [-0.05, 0) is 17.5 Å². The topological polar surface area (TPSA) is 69.0 Å². The Hall–Kier alpha value is -2.99. The molecule has 134 valence electrons. The van der Waals surface area contributed by atoms with Crippen molar-refractivity contribution >= 4 is 5.91 Å². The number of benzene rings is 2. The molecule has 0 spiro atoms. The molecule has 0 bridgehead atoms. The summed E-state index contributed by atoms with van der Waals surface area (Å²) < 4.78 is 7.25. The molecule has 0 saturated carbocycles. The van der Waals surface area contributed by atoms with Crippen molar-refractivity contribution in [3.05, 3.63) is 83.7 Å². The second-order valence-electron chi connectivity index (χ2n) is 5.93. The molecule has 2 aromatic carbocycles. The average Bonchev–Trinajstić information content (AvgIpc) is 3.14. The number of hydrogen-bond donors (Lipinski definition) is 1. The molecule has 0 radical (unpaired) electrons. The van der Waals surface area contributed by atoms with Gasteiger partial charge in [-0.3, -0.25) is 4.79 Å². The van der Waals surface area contributed by atoms with Gasteiger partial charge in [0.05, 0.1) is 19.3 Å². The van der Waals surface area contributed by atoms with Crippen molar-refractivity contribution < 1.29 is 9.53 Å². The minimum Gasteiger partial charge on any atom is -0.377 e. The SMILES string of the molecule is O=C(NCCCOCc1ccccc1)c1cn(Cc2ccccc2)nn1. The molecule has 1 N–H and O–H groups in total. The minimum atomic E-state index is -0.215. The highest BCUT2D eigenvalue weighted by Gasteiger charge is 2.10. The van der Waals surface area contributed by atoms with Gasteiger partial charge in [-0.1, -0.05) is 65.9 Å². The van der Waals surface area contributed by atoms with Gasteiger partial charge in [0.15, 0.2) is 5.69 Å². The van der Waals surface area contributed by atoms with Crippen LogP contribution < -0.4 is 5.32 Å². The van der Waals surface area contributed by atoms with Crippen LogP contribution in [0.4, 0.5) is 0 Å². The van der Waals surface area contributed by atoms with E-state index in [2.05, 4.69) is 15.6 Å². The minimum absolute atomic E-state index is 0.215. The van der Waals surface area contributed by atoms with Crippen LogP contribution in [0.5, 0.6) is 0 Å². The van der Waals surface area contributed by atoms with Crippen molar-refractivity contribution in [3.8, 4) is 0 Å². The highest BCUT2D eigenvalue weighted by Crippen LogP contribution is 2.03. The lowest BCUT2D eigenvalue weighted by molar-refractivity contribution is 0.0929. The number of hydrogen-bond acceptors (Lipinski definition) is 4. The summed E-state index contributed by atoms with van der Waals surface area (Å²) in [7, 11) is 0. The van der Waals surface area contributed by atoms with Crippen molar-refractivity contribution in [3.63, 3.8) is 0 Å². The first-order valence-electron chi connectivity index (χ1n) is 8.65. The second-order valence-corrected chi connectivity index (χ2v) is 5.93. The molecule has 1 heterocycles. The predicted octanol–water partition coefficient (Wildman–Crippen LogP) is 2.66. The van der Waals surface area contributed by atoms with Crippen LogP contribution in [-0.4, -0.2) is 34.1 Å². The van der Waals surface area contributed by atoms with E-state index >= 15 is 0 Å². The molecule has 0 unspecified atom stereocenters. The summed E-state index contributed by atoms with van der Waals surface area (Å²) in [6, 6.07) is 19.9. The van der Waals surface area contributed by atoms with E-state index < -0.39 is 0 Å². The van der Waals surface area contributed by atoms with Gasteiger partial charge in [0, 0.05) is 13.2 Å². The Kier molecular flexibility index (Phi) is 6.50. The summed E-state index contributed by atoms with van der Waals surface area (Å²) >= 11 is 0. The molecule has 0 aliphatic carbocycles. The van der Waals surface area contributed by atoms with Crippen molar-refractivity contribution in [1.82, 2.24) is 20.3 Å². The molecule has 26 heavy (non-hydrogen) atoms. The maximum Gasteiger partial charge on any atom is 0.273 e. The van der Waals surface area contributed by atoms with Crippen LogP contribution in [0.25, 0.3) is 0 Å². The Labute approximate surface area is 152 Å². The van der Waals surface area contributed by atoms with Crippen LogP contribution in [0.2, 0.25) is 0 Å². The molecule has 3 aromatic rings. The third-order valence-electron chi connectivity index (χ3n) is 3.82. The maximum absolute atomic E-state index is 12.1. The van der Waals surface area contributed by atoms with Gasteiger partial charge in [-0.2, -0.15) is 0 Å². The van der Waals surface area contributed by atoms with Crippen LogP contribution in [0, 0.1) is 0 Å². The van der Waals surface area contributed by atoms with Crippen LogP contribution in [-0.2, 0) is 17.9 Å². The Bertz CT molecular complexity index is 803. The van der Waals surface area contributed by atoms with E-state index in [0.29, 0.717) is 32.0 Å². The van der Waals surface area contributed by atoms with E-state index in [1.165, 1.54) is 0 Å². The molecule has 1 aromatic heterocycles. The summed E-state index contributed by atoms with van der Waals surface area (Å²) in [6.45, 7) is 2.31. The summed E-state index contributed by atoms with van der Waals surface area (Å²) in [5, 5.41) is 10.8. The first-order chi connectivity index (χ1) is 12.8. The van der Waals surface area contributed by atoms with Crippen LogP contribution in [0.15, 0.2) is 66.9 Å². The zero-order chi connectivity index (χ0) is 18.0. The van der Waals surface area contributed by atoms with E-state index in [4.69, 9.17) is 4.74 Å². The lowest BCUT2D eigenvalue weighted by Crippen LogP contribution is -2.25. The zero-order valence-corrected chi connectivity index (χ0v) is 14.5. The van der Waals surface area contributed by atoms with Crippen LogP contribution in [0.3, 0.4) is 0 Å². The van der Waals surface area contributed by atoms with Gasteiger partial charge >= 0.3 is 0 Å². The Balaban J connectivity index is 1.35. The largest absolute Gasteiger partial charge is 0.377 e. The van der Waals surface area contributed by atoms with Gasteiger partial charge in [-0.25, -0.2) is 4.68 Å². The Morgan fingerprint density at radius 3 is 2.42 bits per heavy atom. The molecule has 0 saturated heterocycles. The molecule has 1 amide bonds. The standard InChI is InChI=1S/C20H22N4O2/c25-20(21-12-7-13-26-16-18-10-5-2-6-11-18)19-15-24(23-22-19)14-17-8-3-1-4-9-17/h1-6,8-11,15H,7,12-14,16H2,(H,21,25). The van der Waals surface area contributed by atoms with Gasteiger partial charge in [-0.15, -0.1) is 5.10 Å². The maximum atomic E-state index is 12.1. The Morgan fingerprint density at radius 2 is 1.69 bits per heavy atom. The second kappa shape index (κ2) is 9.48. The van der Waals surface area contributed by atoms with Crippen LogP contribution in [0.1, 0.15) is 28.0 Å². The van der Waals surface area contributed by atoms with Crippen LogP contribution >= 0.6 is 0 Å². The first-order valence-corrected chi connectivity index (χ1v) is 8.65. The molecule has 0 aliphatic heterocycles. The summed E-state index contributed by atoms with van der Waals surface area (Å²) in [6.07, 6.45) is 2.41. The van der Waals surface area contributed by atoms with Crippen molar-refractivity contribution in [2.75, 3.05) is 13.2 Å². The van der Waals surface area contributed by atoms with Gasteiger partial charge in [0.2, 0.25) is 0 Å². The molecule has 0 aliphatic rings. The van der Waals surface area contributed by atoms with Crippen molar-refractivity contribution in [2.45, 2.75) is 19.6 Å². The van der Waals surface area contributed by atoms with E-state index in [1.54, 1.807) is 10.9 Å². The lowest BCUT2D eigenvalue weighted by atomic mass is 10.2. The summed E-state index contributed by atoms with van der Waals surface area (Å²) in [5.41, 5.74) is 2.58. The third kappa shape index (κ3) is 5.53. The highest BCUT2D eigenvalue weighted by molar-refractivity contribution is 5.91. The van der Waals surface area contributed by atoms with Gasteiger partial charge in [0.1, 0.15) is 0 Å². The number of aromatic nitrogens is 3.